The van der Waals surface area contributed by atoms with E-state index in [4.69, 9.17) is 14.0 Å². The highest BCUT2D eigenvalue weighted by molar-refractivity contribution is 5.99. The number of fused-ring (bicyclic) bond motifs is 4. The molecule has 9 heteroatoms. The molecule has 3 amide bonds. The van der Waals surface area contributed by atoms with Crippen LogP contribution < -0.4 is 25.0 Å². The Morgan fingerprint density at radius 1 is 1.12 bits per heavy atom. The SMILES string of the molecule is Cc1ccc(CCNC(=O)c2cccc(N3C(=O)NC4CC3(C)Oc3c(OCc5c(C)noc5C)cccc34)c2)cc1. The third-order valence-corrected chi connectivity index (χ3v) is 8.00. The van der Waals surface area contributed by atoms with Crippen molar-refractivity contribution in [3.63, 3.8) is 0 Å². The van der Waals surface area contributed by atoms with Gasteiger partial charge in [0.2, 0.25) is 0 Å². The number of carbonyl (C=O) groups excluding carboxylic acids is 2. The highest BCUT2D eigenvalue weighted by Crippen LogP contribution is 2.49. The average molecular weight is 567 g/mol. The third kappa shape index (κ3) is 5.18. The number of aromatic nitrogens is 1. The Balaban J connectivity index is 1.21. The smallest absolute Gasteiger partial charge is 0.325 e. The molecule has 0 aliphatic carbocycles. The summed E-state index contributed by atoms with van der Waals surface area (Å²) in [5.74, 6) is 1.66. The normalized spacial score (nSPS) is 19.0. The molecule has 2 bridgehead atoms. The van der Waals surface area contributed by atoms with E-state index in [1.165, 1.54) is 5.56 Å². The number of para-hydroxylation sites is 1. The van der Waals surface area contributed by atoms with Crippen molar-refractivity contribution in [2.24, 2.45) is 0 Å². The van der Waals surface area contributed by atoms with Crippen molar-refractivity contribution in [1.82, 2.24) is 15.8 Å². The lowest BCUT2D eigenvalue weighted by Crippen LogP contribution is -2.65. The minimum absolute atomic E-state index is 0.200. The number of aryl methyl sites for hydroxylation is 3. The van der Waals surface area contributed by atoms with Gasteiger partial charge < -0.3 is 24.6 Å². The zero-order valence-corrected chi connectivity index (χ0v) is 24.2. The van der Waals surface area contributed by atoms with Crippen LogP contribution in [0.25, 0.3) is 0 Å². The molecule has 4 aromatic rings. The van der Waals surface area contributed by atoms with Gasteiger partial charge in [-0.25, -0.2) is 4.79 Å². The molecule has 1 saturated heterocycles. The number of carbonyl (C=O) groups is 2. The summed E-state index contributed by atoms with van der Waals surface area (Å²) in [6, 6.07) is 20.5. The zero-order valence-electron chi connectivity index (χ0n) is 24.2. The maximum Gasteiger partial charge on any atom is 0.325 e. The molecule has 2 atom stereocenters. The summed E-state index contributed by atoms with van der Waals surface area (Å²) in [5, 5.41) is 10.1. The van der Waals surface area contributed by atoms with Crippen molar-refractivity contribution >= 4 is 17.6 Å². The van der Waals surface area contributed by atoms with E-state index in [1.807, 2.05) is 52.0 Å². The molecular weight excluding hydrogens is 532 g/mol. The van der Waals surface area contributed by atoms with Crippen molar-refractivity contribution < 1.29 is 23.6 Å². The van der Waals surface area contributed by atoms with Gasteiger partial charge in [-0.05, 0) is 63.9 Å². The maximum atomic E-state index is 13.5. The molecule has 216 valence electrons. The van der Waals surface area contributed by atoms with E-state index in [2.05, 4.69) is 40.1 Å². The second-order valence-corrected chi connectivity index (χ2v) is 11.1. The van der Waals surface area contributed by atoms with Gasteiger partial charge in [-0.15, -0.1) is 0 Å². The van der Waals surface area contributed by atoms with Gasteiger partial charge in [0, 0.05) is 24.1 Å². The number of hydrogen-bond donors (Lipinski definition) is 2. The lowest BCUT2D eigenvalue weighted by Gasteiger charge is -2.50. The van der Waals surface area contributed by atoms with E-state index in [0.717, 1.165) is 28.8 Å². The Hall–Kier alpha value is -4.79. The molecule has 1 fully saturated rings. The van der Waals surface area contributed by atoms with Crippen molar-refractivity contribution in [2.75, 3.05) is 11.4 Å². The van der Waals surface area contributed by atoms with Crippen LogP contribution in [-0.4, -0.2) is 29.4 Å². The molecule has 9 nitrogen and oxygen atoms in total. The second-order valence-electron chi connectivity index (χ2n) is 11.1. The first-order valence-corrected chi connectivity index (χ1v) is 14.1. The van der Waals surface area contributed by atoms with E-state index in [1.54, 1.807) is 23.1 Å². The quantitative estimate of drug-likeness (QED) is 0.274. The topological polar surface area (TPSA) is 106 Å². The van der Waals surface area contributed by atoms with Crippen LogP contribution in [0.2, 0.25) is 0 Å². The van der Waals surface area contributed by atoms with Crippen molar-refractivity contribution in [3.05, 3.63) is 106 Å². The number of nitrogens with zero attached hydrogens (tertiary/aromatic N) is 2. The highest BCUT2D eigenvalue weighted by atomic mass is 16.5. The van der Waals surface area contributed by atoms with Gasteiger partial charge in [0.25, 0.3) is 5.91 Å². The first kappa shape index (κ1) is 27.4. The molecular formula is C33H34N4O5. The minimum Gasteiger partial charge on any atom is -0.485 e. The number of hydrogen-bond acceptors (Lipinski definition) is 6. The maximum absolute atomic E-state index is 13.5. The van der Waals surface area contributed by atoms with Crippen molar-refractivity contribution in [3.8, 4) is 11.5 Å². The molecule has 0 saturated carbocycles. The van der Waals surface area contributed by atoms with Crippen LogP contribution in [0.3, 0.4) is 0 Å². The van der Waals surface area contributed by atoms with Gasteiger partial charge in [0.15, 0.2) is 17.2 Å². The Morgan fingerprint density at radius 3 is 2.67 bits per heavy atom. The number of rotatable bonds is 8. The van der Waals surface area contributed by atoms with Crippen LogP contribution in [0.4, 0.5) is 10.5 Å². The molecule has 2 aliphatic heterocycles. The predicted molar refractivity (Wildman–Crippen MR) is 158 cm³/mol. The van der Waals surface area contributed by atoms with E-state index in [-0.39, 0.29) is 24.6 Å². The van der Waals surface area contributed by atoms with E-state index >= 15 is 0 Å². The molecule has 6 rings (SSSR count). The van der Waals surface area contributed by atoms with Crippen molar-refractivity contribution in [2.45, 2.75) is 58.9 Å². The molecule has 2 aliphatic rings. The summed E-state index contributed by atoms with van der Waals surface area (Å²) in [6.07, 6.45) is 1.25. The number of amides is 3. The van der Waals surface area contributed by atoms with Gasteiger partial charge in [-0.3, -0.25) is 9.69 Å². The fourth-order valence-electron chi connectivity index (χ4n) is 5.69. The standard InChI is InChI=1S/C33H34N4O5/c1-20-11-13-23(14-12-20)15-16-34-31(38)24-7-5-8-25(17-24)37-32(39)35-28-18-33(37,4)41-30-26(28)9-6-10-29(30)40-19-27-21(2)36-42-22(27)3/h5-14,17,28H,15-16,18-19H2,1-4H3,(H,34,38)(H,35,39). The number of urea groups is 1. The number of nitrogens with one attached hydrogen (secondary N) is 2. The second kappa shape index (κ2) is 10.9. The molecule has 3 heterocycles. The summed E-state index contributed by atoms with van der Waals surface area (Å²) in [4.78, 5) is 28.1. The Labute approximate surface area is 244 Å². The molecule has 1 aromatic heterocycles. The monoisotopic (exact) mass is 566 g/mol. The molecule has 42 heavy (non-hydrogen) atoms. The van der Waals surface area contributed by atoms with Gasteiger partial charge >= 0.3 is 6.03 Å². The number of ether oxygens (including phenoxy) is 2. The average Bonchev–Trinajstić information content (AvgIpc) is 3.29. The van der Waals surface area contributed by atoms with Gasteiger partial charge in [-0.2, -0.15) is 0 Å². The minimum atomic E-state index is -1.01. The molecule has 2 unspecified atom stereocenters. The number of benzene rings is 3. The number of anilines is 1. The zero-order chi connectivity index (χ0) is 29.4. The van der Waals surface area contributed by atoms with Crippen LogP contribution in [0.1, 0.15) is 63.5 Å². The fourth-order valence-corrected chi connectivity index (χ4v) is 5.69. The van der Waals surface area contributed by atoms with Gasteiger partial charge in [0.05, 0.1) is 23.0 Å². The van der Waals surface area contributed by atoms with E-state index in [9.17, 15) is 9.59 Å². The van der Waals surface area contributed by atoms with Crippen LogP contribution >= 0.6 is 0 Å². The van der Waals surface area contributed by atoms with Gasteiger partial charge in [0.1, 0.15) is 12.4 Å². The molecule has 0 radical (unpaired) electrons. The fraction of sp³-hybridized carbons (Fsp3) is 0.303. The lowest BCUT2D eigenvalue weighted by atomic mass is 9.89. The van der Waals surface area contributed by atoms with Gasteiger partial charge in [-0.1, -0.05) is 53.2 Å². The lowest BCUT2D eigenvalue weighted by molar-refractivity contribution is 0.0338. The van der Waals surface area contributed by atoms with Crippen molar-refractivity contribution in [1.29, 1.82) is 0 Å². The predicted octanol–water partition coefficient (Wildman–Crippen LogP) is 5.92. The van der Waals surface area contributed by atoms with E-state index < -0.39 is 5.72 Å². The molecule has 0 spiro atoms. The largest absolute Gasteiger partial charge is 0.485 e. The summed E-state index contributed by atoms with van der Waals surface area (Å²) >= 11 is 0. The summed E-state index contributed by atoms with van der Waals surface area (Å²) < 4.78 is 18.1. The Bertz CT molecular complexity index is 1630. The Kier molecular flexibility index (Phi) is 7.10. The van der Waals surface area contributed by atoms with Crippen LogP contribution in [0, 0.1) is 20.8 Å². The van der Waals surface area contributed by atoms with Crippen LogP contribution in [-0.2, 0) is 13.0 Å². The highest BCUT2D eigenvalue weighted by Gasteiger charge is 2.50. The third-order valence-electron chi connectivity index (χ3n) is 8.00. The van der Waals surface area contributed by atoms with Crippen LogP contribution in [0.5, 0.6) is 11.5 Å². The summed E-state index contributed by atoms with van der Waals surface area (Å²) in [7, 11) is 0. The van der Waals surface area contributed by atoms with Crippen LogP contribution in [0.15, 0.2) is 71.3 Å². The van der Waals surface area contributed by atoms with E-state index in [0.29, 0.717) is 41.5 Å². The first-order valence-electron chi connectivity index (χ1n) is 14.1. The molecule has 3 aromatic carbocycles. The molecule has 2 N–H and O–H groups in total. The Morgan fingerprint density at radius 2 is 1.90 bits per heavy atom. The summed E-state index contributed by atoms with van der Waals surface area (Å²) in [5.41, 5.74) is 4.91. The first-order chi connectivity index (χ1) is 20.2. The summed E-state index contributed by atoms with van der Waals surface area (Å²) in [6.45, 7) is 8.46.